The number of rotatable bonds is 5. The van der Waals surface area contributed by atoms with Crippen molar-refractivity contribution in [1.29, 1.82) is 0 Å². The van der Waals surface area contributed by atoms with Gasteiger partial charge in [-0.2, -0.15) is 5.10 Å². The molecule has 1 aromatic rings. The number of carboxylic acid groups (broad SMARTS) is 1. The molecule has 1 unspecified atom stereocenters. The molecule has 0 aromatic carbocycles. The zero-order valence-corrected chi connectivity index (χ0v) is 12.2. The van der Waals surface area contributed by atoms with E-state index in [1.165, 1.54) is 0 Å². The number of aliphatic carboxylic acids is 1. The predicted octanol–water partition coefficient (Wildman–Crippen LogP) is 1.95. The first-order valence-electron chi connectivity index (χ1n) is 7.30. The Bertz CT molecular complexity index is 480. The Labute approximate surface area is 123 Å². The monoisotopic (exact) mass is 294 g/mol. The fourth-order valence-electron chi connectivity index (χ4n) is 2.92. The molecule has 2 amide bonds. The van der Waals surface area contributed by atoms with Gasteiger partial charge < -0.3 is 15.7 Å². The van der Waals surface area contributed by atoms with Gasteiger partial charge in [0.1, 0.15) is 0 Å². The average molecular weight is 294 g/mol. The Morgan fingerprint density at radius 3 is 2.71 bits per heavy atom. The zero-order chi connectivity index (χ0) is 15.3. The molecular weight excluding hydrogens is 272 g/mol. The number of hydrogen-bond donors (Lipinski definition) is 4. The van der Waals surface area contributed by atoms with Crippen LogP contribution >= 0.6 is 0 Å². The van der Waals surface area contributed by atoms with Gasteiger partial charge in [0.25, 0.3) is 0 Å². The SMILES string of the molecule is CC(NC(=O)NC1(CC(=O)O)CCCCC1)c1cn[nH]c1. The highest BCUT2D eigenvalue weighted by atomic mass is 16.4. The zero-order valence-electron chi connectivity index (χ0n) is 12.2. The molecule has 0 spiro atoms. The number of carbonyl (C=O) groups is 2. The lowest BCUT2D eigenvalue weighted by Crippen LogP contribution is -2.54. The number of nitrogens with zero attached hydrogens (tertiary/aromatic N) is 1. The van der Waals surface area contributed by atoms with E-state index in [4.69, 9.17) is 5.11 Å². The van der Waals surface area contributed by atoms with Crippen molar-refractivity contribution in [3.8, 4) is 0 Å². The van der Waals surface area contributed by atoms with Gasteiger partial charge in [-0.3, -0.25) is 9.89 Å². The molecule has 1 aliphatic carbocycles. The summed E-state index contributed by atoms with van der Waals surface area (Å²) in [6.45, 7) is 1.86. The standard InChI is InChI=1S/C14H22N4O3/c1-10(11-8-15-16-9-11)17-13(21)18-14(7-12(19)20)5-3-2-4-6-14/h8-10H,2-7H2,1H3,(H,15,16)(H,19,20)(H2,17,18,21). The highest BCUT2D eigenvalue weighted by molar-refractivity contribution is 5.77. The van der Waals surface area contributed by atoms with Crippen molar-refractivity contribution in [2.75, 3.05) is 0 Å². The molecule has 4 N–H and O–H groups in total. The van der Waals surface area contributed by atoms with Crippen LogP contribution in [0.5, 0.6) is 0 Å². The summed E-state index contributed by atoms with van der Waals surface area (Å²) in [6, 6.07) is -0.513. The molecule has 1 heterocycles. The number of amides is 2. The maximum absolute atomic E-state index is 12.2. The van der Waals surface area contributed by atoms with Crippen LogP contribution in [0.4, 0.5) is 4.79 Å². The van der Waals surface area contributed by atoms with E-state index >= 15 is 0 Å². The van der Waals surface area contributed by atoms with E-state index in [-0.39, 0.29) is 18.5 Å². The van der Waals surface area contributed by atoms with E-state index in [9.17, 15) is 9.59 Å². The van der Waals surface area contributed by atoms with Gasteiger partial charge in [0.05, 0.1) is 24.2 Å². The molecule has 21 heavy (non-hydrogen) atoms. The second-order valence-electron chi connectivity index (χ2n) is 5.76. The lowest BCUT2D eigenvalue weighted by atomic mass is 9.79. The summed E-state index contributed by atoms with van der Waals surface area (Å²) in [7, 11) is 0. The third-order valence-electron chi connectivity index (χ3n) is 4.05. The van der Waals surface area contributed by atoms with Gasteiger partial charge in [-0.25, -0.2) is 4.79 Å². The Morgan fingerprint density at radius 1 is 1.43 bits per heavy atom. The summed E-state index contributed by atoms with van der Waals surface area (Å²) in [6.07, 6.45) is 7.77. The highest BCUT2D eigenvalue weighted by Gasteiger charge is 2.36. The lowest BCUT2D eigenvalue weighted by Gasteiger charge is -2.37. The number of nitrogens with one attached hydrogen (secondary N) is 3. The topological polar surface area (TPSA) is 107 Å². The molecule has 0 aliphatic heterocycles. The predicted molar refractivity (Wildman–Crippen MR) is 76.7 cm³/mol. The number of urea groups is 1. The summed E-state index contributed by atoms with van der Waals surface area (Å²) >= 11 is 0. The van der Waals surface area contributed by atoms with Crippen molar-refractivity contribution in [3.63, 3.8) is 0 Å². The van der Waals surface area contributed by atoms with E-state index < -0.39 is 11.5 Å². The summed E-state index contributed by atoms with van der Waals surface area (Å²) in [5, 5.41) is 21.4. The van der Waals surface area contributed by atoms with Gasteiger partial charge in [-0.15, -0.1) is 0 Å². The molecule has 7 nitrogen and oxygen atoms in total. The van der Waals surface area contributed by atoms with Gasteiger partial charge in [-0.05, 0) is 19.8 Å². The van der Waals surface area contributed by atoms with Crippen LogP contribution in [0.1, 0.15) is 57.1 Å². The maximum Gasteiger partial charge on any atom is 0.315 e. The van der Waals surface area contributed by atoms with E-state index in [2.05, 4.69) is 20.8 Å². The fraction of sp³-hybridized carbons (Fsp3) is 0.643. The number of carboxylic acids is 1. The van der Waals surface area contributed by atoms with Crippen molar-refractivity contribution < 1.29 is 14.7 Å². The first kappa shape index (κ1) is 15.3. The summed E-state index contributed by atoms with van der Waals surface area (Å²) in [5.41, 5.74) is 0.255. The van der Waals surface area contributed by atoms with Crippen molar-refractivity contribution in [2.24, 2.45) is 0 Å². The van der Waals surface area contributed by atoms with E-state index in [1.54, 1.807) is 12.4 Å². The van der Waals surface area contributed by atoms with Gasteiger partial charge in [-0.1, -0.05) is 19.3 Å². The van der Waals surface area contributed by atoms with Crippen LogP contribution in [-0.2, 0) is 4.79 Å². The molecule has 1 saturated carbocycles. The second kappa shape index (κ2) is 6.60. The number of aromatic amines is 1. The molecule has 2 rings (SSSR count). The number of hydrogen-bond acceptors (Lipinski definition) is 3. The largest absolute Gasteiger partial charge is 0.481 e. The third-order valence-corrected chi connectivity index (χ3v) is 4.05. The fourth-order valence-corrected chi connectivity index (χ4v) is 2.92. The lowest BCUT2D eigenvalue weighted by molar-refractivity contribution is -0.139. The average Bonchev–Trinajstić information content (AvgIpc) is 2.92. The number of aromatic nitrogens is 2. The summed E-state index contributed by atoms with van der Waals surface area (Å²) in [5.74, 6) is -0.875. The quantitative estimate of drug-likeness (QED) is 0.665. The molecule has 7 heteroatoms. The Balaban J connectivity index is 1.96. The minimum atomic E-state index is -0.875. The Kier molecular flexibility index (Phi) is 4.82. The van der Waals surface area contributed by atoms with Crippen LogP contribution in [0, 0.1) is 0 Å². The van der Waals surface area contributed by atoms with Crippen LogP contribution in [0.3, 0.4) is 0 Å². The molecule has 0 saturated heterocycles. The van der Waals surface area contributed by atoms with Crippen molar-refractivity contribution in [2.45, 2.75) is 57.0 Å². The normalized spacial score (nSPS) is 18.7. The van der Waals surface area contributed by atoms with E-state index in [0.717, 1.165) is 24.8 Å². The molecule has 0 bridgehead atoms. The molecule has 0 radical (unpaired) electrons. The van der Waals surface area contributed by atoms with E-state index in [0.29, 0.717) is 12.8 Å². The minimum absolute atomic E-state index is 0.0273. The summed E-state index contributed by atoms with van der Waals surface area (Å²) in [4.78, 5) is 23.2. The maximum atomic E-state index is 12.2. The molecule has 1 aliphatic rings. The molecule has 1 aromatic heterocycles. The van der Waals surface area contributed by atoms with Crippen LogP contribution in [0.25, 0.3) is 0 Å². The molecule has 1 fully saturated rings. The molecule has 116 valence electrons. The molecule has 1 atom stereocenters. The second-order valence-corrected chi connectivity index (χ2v) is 5.76. The Hall–Kier alpha value is -2.05. The first-order valence-corrected chi connectivity index (χ1v) is 7.30. The third kappa shape index (κ3) is 4.21. The van der Waals surface area contributed by atoms with E-state index in [1.807, 2.05) is 6.92 Å². The number of carbonyl (C=O) groups excluding carboxylic acids is 1. The smallest absolute Gasteiger partial charge is 0.315 e. The van der Waals surface area contributed by atoms with Crippen LogP contribution in [0.15, 0.2) is 12.4 Å². The highest BCUT2D eigenvalue weighted by Crippen LogP contribution is 2.31. The Morgan fingerprint density at radius 2 is 2.14 bits per heavy atom. The van der Waals surface area contributed by atoms with Gasteiger partial charge in [0.15, 0.2) is 0 Å². The van der Waals surface area contributed by atoms with Crippen LogP contribution < -0.4 is 10.6 Å². The first-order chi connectivity index (χ1) is 10.0. The minimum Gasteiger partial charge on any atom is -0.481 e. The van der Waals surface area contributed by atoms with Gasteiger partial charge in [0, 0.05) is 11.8 Å². The van der Waals surface area contributed by atoms with Crippen molar-refractivity contribution >= 4 is 12.0 Å². The van der Waals surface area contributed by atoms with Crippen molar-refractivity contribution in [3.05, 3.63) is 18.0 Å². The van der Waals surface area contributed by atoms with Crippen molar-refractivity contribution in [1.82, 2.24) is 20.8 Å². The van der Waals surface area contributed by atoms with Crippen LogP contribution in [0.2, 0.25) is 0 Å². The number of H-pyrrole nitrogens is 1. The van der Waals surface area contributed by atoms with Crippen LogP contribution in [-0.4, -0.2) is 32.8 Å². The molecular formula is C14H22N4O3. The van der Waals surface area contributed by atoms with Gasteiger partial charge in [0.2, 0.25) is 0 Å². The summed E-state index contributed by atoms with van der Waals surface area (Å²) < 4.78 is 0. The van der Waals surface area contributed by atoms with Gasteiger partial charge >= 0.3 is 12.0 Å².